The predicted molar refractivity (Wildman–Crippen MR) is 111 cm³/mol. The third-order valence-electron chi connectivity index (χ3n) is 5.59. The number of benzene rings is 2. The van der Waals surface area contributed by atoms with E-state index in [1.807, 2.05) is 60.7 Å². The maximum absolute atomic E-state index is 13.1. The monoisotopic (exact) mass is 414 g/mol. The Kier molecular flexibility index (Phi) is 5.96. The third kappa shape index (κ3) is 4.51. The van der Waals surface area contributed by atoms with Gasteiger partial charge in [-0.25, -0.2) is 13.8 Å². The molecule has 7 nitrogen and oxygen atoms in total. The number of hydrazine groups is 1. The van der Waals surface area contributed by atoms with Crippen LogP contribution in [-0.2, 0) is 20.6 Å². The molecule has 2 aliphatic heterocycles. The second-order valence-electron chi connectivity index (χ2n) is 7.49. The van der Waals surface area contributed by atoms with E-state index in [2.05, 4.69) is 10.9 Å². The maximum atomic E-state index is 13.1. The first kappa shape index (κ1) is 20.0. The van der Waals surface area contributed by atoms with Gasteiger partial charge in [0.05, 0.1) is 17.7 Å². The summed E-state index contributed by atoms with van der Waals surface area (Å²) < 4.78 is 27.0. The van der Waals surface area contributed by atoms with Gasteiger partial charge in [-0.15, -0.1) is 0 Å². The number of nitrogens with one attached hydrogen (secondary N) is 2. The van der Waals surface area contributed by atoms with Gasteiger partial charge < -0.3 is 4.90 Å². The number of sulfonamides is 1. The van der Waals surface area contributed by atoms with Gasteiger partial charge in [-0.05, 0) is 11.1 Å². The zero-order valence-corrected chi connectivity index (χ0v) is 17.0. The molecule has 29 heavy (non-hydrogen) atoms. The Bertz CT molecular complexity index is 929. The van der Waals surface area contributed by atoms with E-state index in [1.165, 1.54) is 4.31 Å². The Morgan fingerprint density at radius 2 is 1.55 bits per heavy atom. The fourth-order valence-corrected chi connectivity index (χ4v) is 5.52. The van der Waals surface area contributed by atoms with Crippen molar-refractivity contribution in [1.82, 2.24) is 20.1 Å². The van der Waals surface area contributed by atoms with Gasteiger partial charge in [-0.2, -0.15) is 4.31 Å². The van der Waals surface area contributed by atoms with Crippen LogP contribution in [0.25, 0.3) is 0 Å². The lowest BCUT2D eigenvalue weighted by Crippen LogP contribution is -2.52. The number of nitrogens with zero attached hydrogens (tertiary/aromatic N) is 2. The van der Waals surface area contributed by atoms with Crippen molar-refractivity contribution in [2.45, 2.75) is 11.8 Å². The van der Waals surface area contributed by atoms with Crippen LogP contribution in [0.2, 0.25) is 0 Å². The minimum atomic E-state index is -3.39. The molecule has 2 aliphatic rings. The summed E-state index contributed by atoms with van der Waals surface area (Å²) in [7, 11) is -3.39. The SMILES string of the molecule is O=C(C1CNNC1c1ccccc1)N1CCN(S(=O)(=O)Cc2ccccc2)CC1. The molecule has 2 N–H and O–H groups in total. The highest BCUT2D eigenvalue weighted by atomic mass is 32.2. The second kappa shape index (κ2) is 8.62. The number of carbonyl (C=O) groups excluding carboxylic acids is 1. The Balaban J connectivity index is 1.37. The highest BCUT2D eigenvalue weighted by Crippen LogP contribution is 2.27. The van der Waals surface area contributed by atoms with Crippen molar-refractivity contribution >= 4 is 15.9 Å². The van der Waals surface area contributed by atoms with Crippen LogP contribution < -0.4 is 10.9 Å². The van der Waals surface area contributed by atoms with Crippen LogP contribution in [0.5, 0.6) is 0 Å². The average Bonchev–Trinajstić information content (AvgIpc) is 3.24. The summed E-state index contributed by atoms with van der Waals surface area (Å²) in [5.74, 6) is -0.143. The lowest BCUT2D eigenvalue weighted by Gasteiger charge is -2.36. The molecule has 2 unspecified atom stereocenters. The molecule has 2 aromatic carbocycles. The number of amides is 1. The smallest absolute Gasteiger partial charge is 0.229 e. The zero-order valence-electron chi connectivity index (χ0n) is 16.2. The van der Waals surface area contributed by atoms with Crippen LogP contribution in [0.4, 0.5) is 0 Å². The molecular weight excluding hydrogens is 388 g/mol. The summed E-state index contributed by atoms with van der Waals surface area (Å²) in [4.78, 5) is 14.9. The van der Waals surface area contributed by atoms with Crippen LogP contribution in [-0.4, -0.2) is 56.3 Å². The Labute approximate surface area is 171 Å². The first-order chi connectivity index (χ1) is 14.0. The summed E-state index contributed by atoms with van der Waals surface area (Å²) in [6, 6.07) is 19.0. The van der Waals surface area contributed by atoms with Crippen LogP contribution >= 0.6 is 0 Å². The van der Waals surface area contributed by atoms with E-state index < -0.39 is 10.0 Å². The average molecular weight is 415 g/mol. The van der Waals surface area contributed by atoms with Crippen LogP contribution in [0.3, 0.4) is 0 Å². The molecule has 2 aromatic rings. The summed E-state index contributed by atoms with van der Waals surface area (Å²) in [5.41, 5.74) is 8.14. The van der Waals surface area contributed by atoms with Gasteiger partial charge in [0, 0.05) is 32.7 Å². The molecule has 154 valence electrons. The molecule has 8 heteroatoms. The van der Waals surface area contributed by atoms with E-state index in [1.54, 1.807) is 4.90 Å². The molecule has 0 aromatic heterocycles. The van der Waals surface area contributed by atoms with Gasteiger partial charge in [-0.3, -0.25) is 10.2 Å². The Morgan fingerprint density at radius 3 is 2.21 bits per heavy atom. The Hall–Kier alpha value is -2.26. The van der Waals surface area contributed by atoms with Crippen molar-refractivity contribution < 1.29 is 13.2 Å². The van der Waals surface area contributed by atoms with Crippen LogP contribution in [0, 0.1) is 5.92 Å². The third-order valence-corrected chi connectivity index (χ3v) is 7.44. The lowest BCUT2D eigenvalue weighted by atomic mass is 9.93. The molecule has 0 spiro atoms. The molecule has 2 atom stereocenters. The van der Waals surface area contributed by atoms with Gasteiger partial charge in [-0.1, -0.05) is 60.7 Å². The minimum Gasteiger partial charge on any atom is -0.340 e. The number of piperazine rings is 1. The molecule has 0 radical (unpaired) electrons. The predicted octanol–water partition coefficient (Wildman–Crippen LogP) is 1.13. The molecule has 0 aliphatic carbocycles. The van der Waals surface area contributed by atoms with Gasteiger partial charge in [0.15, 0.2) is 0 Å². The number of carbonyl (C=O) groups is 1. The molecule has 2 saturated heterocycles. The van der Waals surface area contributed by atoms with Gasteiger partial charge in [0.2, 0.25) is 15.9 Å². The van der Waals surface area contributed by atoms with Crippen molar-refractivity contribution in [3.8, 4) is 0 Å². The lowest BCUT2D eigenvalue weighted by molar-refractivity contribution is -0.136. The fourth-order valence-electron chi connectivity index (χ4n) is 4.00. The van der Waals surface area contributed by atoms with Crippen molar-refractivity contribution in [1.29, 1.82) is 0 Å². The topological polar surface area (TPSA) is 81.8 Å². The number of hydrogen-bond donors (Lipinski definition) is 2. The summed E-state index contributed by atoms with van der Waals surface area (Å²) in [6.07, 6.45) is 0. The standard InChI is InChI=1S/C21H26N4O3S/c26-21(19-15-22-23-20(19)18-9-5-2-6-10-18)24-11-13-25(14-12-24)29(27,28)16-17-7-3-1-4-8-17/h1-10,19-20,22-23H,11-16H2. The van der Waals surface area contributed by atoms with E-state index in [-0.39, 0.29) is 23.6 Å². The molecule has 0 saturated carbocycles. The van der Waals surface area contributed by atoms with Crippen molar-refractivity contribution in [2.75, 3.05) is 32.7 Å². The molecule has 0 bridgehead atoms. The van der Waals surface area contributed by atoms with Crippen LogP contribution in [0.15, 0.2) is 60.7 Å². The highest BCUT2D eigenvalue weighted by Gasteiger charge is 2.38. The number of rotatable bonds is 5. The first-order valence-corrected chi connectivity index (χ1v) is 11.5. The molecule has 1 amide bonds. The first-order valence-electron chi connectivity index (χ1n) is 9.88. The molecule has 4 rings (SSSR count). The minimum absolute atomic E-state index is 0.00562. The highest BCUT2D eigenvalue weighted by molar-refractivity contribution is 7.88. The van der Waals surface area contributed by atoms with E-state index in [0.717, 1.165) is 11.1 Å². The summed E-state index contributed by atoms with van der Waals surface area (Å²) in [6.45, 7) is 2.08. The van der Waals surface area contributed by atoms with Crippen molar-refractivity contribution in [2.24, 2.45) is 5.92 Å². The quantitative estimate of drug-likeness (QED) is 0.767. The maximum Gasteiger partial charge on any atom is 0.229 e. The van der Waals surface area contributed by atoms with E-state index >= 15 is 0 Å². The largest absolute Gasteiger partial charge is 0.340 e. The van der Waals surface area contributed by atoms with Crippen LogP contribution in [0.1, 0.15) is 17.2 Å². The molecular formula is C21H26N4O3S. The van der Waals surface area contributed by atoms with Gasteiger partial charge in [0.1, 0.15) is 0 Å². The second-order valence-corrected chi connectivity index (χ2v) is 9.46. The summed E-state index contributed by atoms with van der Waals surface area (Å²) in [5, 5.41) is 0. The van der Waals surface area contributed by atoms with E-state index in [0.29, 0.717) is 32.7 Å². The fraction of sp³-hybridized carbons (Fsp3) is 0.381. The van der Waals surface area contributed by atoms with Gasteiger partial charge >= 0.3 is 0 Å². The van der Waals surface area contributed by atoms with Crippen molar-refractivity contribution in [3.05, 3.63) is 71.8 Å². The zero-order chi connectivity index (χ0) is 20.3. The molecule has 2 fully saturated rings. The normalized spacial score (nSPS) is 23.2. The number of hydrogen-bond acceptors (Lipinski definition) is 5. The summed E-state index contributed by atoms with van der Waals surface area (Å²) >= 11 is 0. The molecule has 2 heterocycles. The van der Waals surface area contributed by atoms with E-state index in [4.69, 9.17) is 0 Å². The van der Waals surface area contributed by atoms with Gasteiger partial charge in [0.25, 0.3) is 0 Å². The van der Waals surface area contributed by atoms with Crippen molar-refractivity contribution in [3.63, 3.8) is 0 Å². The van der Waals surface area contributed by atoms with E-state index in [9.17, 15) is 13.2 Å². The Morgan fingerprint density at radius 1 is 0.931 bits per heavy atom.